The molecular weight excluding hydrogens is 268 g/mol. The molecule has 0 bridgehead atoms. The molecule has 0 saturated carbocycles. The molecule has 1 aromatic carbocycles. The zero-order valence-corrected chi connectivity index (χ0v) is 11.9. The third-order valence-electron chi connectivity index (χ3n) is 2.98. The zero-order valence-electron chi connectivity index (χ0n) is 11.2. The van der Waals surface area contributed by atoms with Crippen LogP contribution in [0.4, 0.5) is 0 Å². The van der Waals surface area contributed by atoms with Crippen molar-refractivity contribution in [3.05, 3.63) is 37.4 Å². The molecule has 2 N–H and O–H groups in total. The normalized spacial score (nSPS) is 12.1. The molecule has 0 aliphatic rings. The van der Waals surface area contributed by atoms with Gasteiger partial charge >= 0.3 is 0 Å². The maximum Gasteiger partial charge on any atom is 0.275 e. The lowest BCUT2D eigenvalue weighted by Crippen LogP contribution is -2.39. The number of hydrogen-bond acceptors (Lipinski definition) is 3. The summed E-state index contributed by atoms with van der Waals surface area (Å²) in [5, 5.41) is 12.5. The van der Waals surface area contributed by atoms with E-state index in [0.717, 1.165) is 0 Å². The summed E-state index contributed by atoms with van der Waals surface area (Å²) in [5.41, 5.74) is -0.971. The van der Waals surface area contributed by atoms with E-state index in [1.807, 2.05) is 0 Å². The highest BCUT2D eigenvalue weighted by molar-refractivity contribution is 6.37. The Labute approximate surface area is 114 Å². The number of nitrogens with one attached hydrogen (secondary N) is 1. The highest BCUT2D eigenvalue weighted by atomic mass is 35.5. The fourth-order valence-corrected chi connectivity index (χ4v) is 2.28. The van der Waals surface area contributed by atoms with E-state index < -0.39 is 16.7 Å². The predicted octanol–water partition coefficient (Wildman–Crippen LogP) is 2.11. The SMILES string of the molecule is Cc1cc2c(=O)[nH]n(C(C)(C)C)c(=O)c2c(Cl)c1O. The first-order valence-electron chi connectivity index (χ1n) is 5.82. The average Bonchev–Trinajstić information content (AvgIpc) is 2.28. The Morgan fingerprint density at radius 2 is 1.89 bits per heavy atom. The van der Waals surface area contributed by atoms with Gasteiger partial charge in [-0.15, -0.1) is 0 Å². The van der Waals surface area contributed by atoms with Crippen molar-refractivity contribution >= 4 is 22.4 Å². The minimum Gasteiger partial charge on any atom is -0.506 e. The molecule has 5 nitrogen and oxygen atoms in total. The zero-order chi connectivity index (χ0) is 14.5. The fraction of sp³-hybridized carbons (Fsp3) is 0.385. The number of hydrogen-bond donors (Lipinski definition) is 2. The Kier molecular flexibility index (Phi) is 2.97. The van der Waals surface area contributed by atoms with Crippen LogP contribution in [0.3, 0.4) is 0 Å². The van der Waals surface area contributed by atoms with Gasteiger partial charge in [-0.25, -0.2) is 4.68 Å². The molecule has 0 unspecified atom stereocenters. The lowest BCUT2D eigenvalue weighted by atomic mass is 10.1. The van der Waals surface area contributed by atoms with Gasteiger partial charge in [0.1, 0.15) is 5.75 Å². The second-order valence-corrected chi connectivity index (χ2v) is 5.91. The molecule has 1 aromatic heterocycles. The summed E-state index contributed by atoms with van der Waals surface area (Å²) in [5.74, 6) is -0.169. The van der Waals surface area contributed by atoms with Gasteiger partial charge < -0.3 is 5.11 Å². The number of nitrogens with zero attached hydrogens (tertiary/aromatic N) is 1. The molecule has 0 saturated heterocycles. The lowest BCUT2D eigenvalue weighted by Gasteiger charge is -2.22. The Hall–Kier alpha value is -1.75. The molecule has 19 heavy (non-hydrogen) atoms. The van der Waals surface area contributed by atoms with Crippen LogP contribution in [0.15, 0.2) is 15.7 Å². The van der Waals surface area contributed by atoms with Crippen molar-refractivity contribution in [3.63, 3.8) is 0 Å². The molecule has 0 radical (unpaired) electrons. The number of aromatic nitrogens is 2. The summed E-state index contributed by atoms with van der Waals surface area (Å²) in [7, 11) is 0. The number of halogens is 1. The van der Waals surface area contributed by atoms with E-state index in [9.17, 15) is 14.7 Å². The first-order chi connectivity index (χ1) is 8.64. The van der Waals surface area contributed by atoms with Crippen molar-refractivity contribution in [2.75, 3.05) is 0 Å². The van der Waals surface area contributed by atoms with Crippen LogP contribution in [-0.4, -0.2) is 14.9 Å². The van der Waals surface area contributed by atoms with E-state index in [2.05, 4.69) is 5.10 Å². The third-order valence-corrected chi connectivity index (χ3v) is 3.34. The lowest BCUT2D eigenvalue weighted by molar-refractivity contribution is 0.337. The van der Waals surface area contributed by atoms with E-state index in [1.165, 1.54) is 10.7 Å². The number of H-pyrrole nitrogens is 1. The smallest absolute Gasteiger partial charge is 0.275 e. The van der Waals surface area contributed by atoms with E-state index in [-0.39, 0.29) is 21.5 Å². The summed E-state index contributed by atoms with van der Waals surface area (Å²) < 4.78 is 1.22. The van der Waals surface area contributed by atoms with Gasteiger partial charge in [0.2, 0.25) is 0 Å². The van der Waals surface area contributed by atoms with Crippen LogP contribution in [0.25, 0.3) is 10.8 Å². The van der Waals surface area contributed by atoms with Crippen LogP contribution in [0.5, 0.6) is 5.75 Å². The van der Waals surface area contributed by atoms with Crippen molar-refractivity contribution < 1.29 is 5.11 Å². The highest BCUT2D eigenvalue weighted by Gasteiger charge is 2.21. The fourth-order valence-electron chi connectivity index (χ4n) is 1.95. The first kappa shape index (κ1) is 13.7. The number of phenolic OH excluding ortho intramolecular Hbond substituents is 1. The summed E-state index contributed by atoms with van der Waals surface area (Å²) in [6.45, 7) is 6.99. The summed E-state index contributed by atoms with van der Waals surface area (Å²) >= 11 is 6.01. The molecule has 6 heteroatoms. The van der Waals surface area contributed by atoms with Crippen molar-refractivity contribution in [1.82, 2.24) is 9.78 Å². The van der Waals surface area contributed by atoms with Crippen molar-refractivity contribution in [2.24, 2.45) is 0 Å². The number of benzene rings is 1. The van der Waals surface area contributed by atoms with Gasteiger partial charge in [0.05, 0.1) is 21.3 Å². The quantitative estimate of drug-likeness (QED) is 0.777. The predicted molar refractivity (Wildman–Crippen MR) is 75.2 cm³/mol. The van der Waals surface area contributed by atoms with Crippen molar-refractivity contribution in [3.8, 4) is 5.75 Å². The maximum absolute atomic E-state index is 12.4. The summed E-state index contributed by atoms with van der Waals surface area (Å²) in [6.07, 6.45) is 0. The van der Waals surface area contributed by atoms with E-state index >= 15 is 0 Å². The van der Waals surface area contributed by atoms with Gasteiger partial charge in [-0.2, -0.15) is 0 Å². The monoisotopic (exact) mass is 282 g/mol. The molecule has 0 amide bonds. The number of fused-ring (bicyclic) bond motifs is 1. The third kappa shape index (κ3) is 2.04. The summed E-state index contributed by atoms with van der Waals surface area (Å²) in [6, 6.07) is 1.46. The van der Waals surface area contributed by atoms with Gasteiger partial charge in [-0.05, 0) is 39.3 Å². The molecule has 0 atom stereocenters. The standard InChI is InChI=1S/C13H15ClN2O3/c1-6-5-7-8(9(14)10(6)17)12(19)16(13(2,3)4)15-11(7)18/h5,17H,1-4H3,(H,15,18). The van der Waals surface area contributed by atoms with E-state index in [0.29, 0.717) is 5.56 Å². The molecule has 0 aliphatic carbocycles. The minimum absolute atomic E-state index is 0.0449. The summed E-state index contributed by atoms with van der Waals surface area (Å²) in [4.78, 5) is 24.5. The maximum atomic E-state index is 12.4. The van der Waals surface area contributed by atoms with Crippen molar-refractivity contribution in [1.29, 1.82) is 0 Å². The Bertz CT molecular complexity index is 782. The Morgan fingerprint density at radius 1 is 1.32 bits per heavy atom. The van der Waals surface area contributed by atoms with Gasteiger partial charge in [0.25, 0.3) is 11.1 Å². The number of aromatic hydroxyl groups is 1. The molecule has 2 aromatic rings. The van der Waals surface area contributed by atoms with Crippen molar-refractivity contribution in [2.45, 2.75) is 33.2 Å². The Morgan fingerprint density at radius 3 is 2.42 bits per heavy atom. The molecule has 102 valence electrons. The first-order valence-corrected chi connectivity index (χ1v) is 6.20. The number of aromatic amines is 1. The topological polar surface area (TPSA) is 75.1 Å². The molecule has 1 heterocycles. The molecular formula is C13H15ClN2O3. The number of phenols is 1. The van der Waals surface area contributed by atoms with Crippen LogP contribution in [0, 0.1) is 6.92 Å². The van der Waals surface area contributed by atoms with Crippen LogP contribution >= 0.6 is 11.6 Å². The van der Waals surface area contributed by atoms with Gasteiger partial charge in [-0.3, -0.25) is 14.7 Å². The highest BCUT2D eigenvalue weighted by Crippen LogP contribution is 2.32. The minimum atomic E-state index is -0.589. The van der Waals surface area contributed by atoms with E-state index in [1.54, 1.807) is 27.7 Å². The van der Waals surface area contributed by atoms with Crippen LogP contribution in [-0.2, 0) is 5.54 Å². The second kappa shape index (κ2) is 4.13. The second-order valence-electron chi connectivity index (χ2n) is 5.53. The molecule has 0 aliphatic heterocycles. The largest absolute Gasteiger partial charge is 0.506 e. The van der Waals surface area contributed by atoms with Gasteiger partial charge in [0.15, 0.2) is 0 Å². The average molecular weight is 283 g/mol. The Balaban J connectivity index is 3.11. The molecule has 2 rings (SSSR count). The van der Waals surface area contributed by atoms with Crippen LogP contribution in [0.2, 0.25) is 5.02 Å². The number of aryl methyl sites for hydroxylation is 1. The van der Waals surface area contributed by atoms with Crippen LogP contribution < -0.4 is 11.1 Å². The molecule has 0 fully saturated rings. The van der Waals surface area contributed by atoms with Gasteiger partial charge in [-0.1, -0.05) is 11.6 Å². The van der Waals surface area contributed by atoms with Crippen LogP contribution in [0.1, 0.15) is 26.3 Å². The van der Waals surface area contributed by atoms with E-state index in [4.69, 9.17) is 11.6 Å². The number of rotatable bonds is 0. The molecule has 0 spiro atoms. The van der Waals surface area contributed by atoms with Gasteiger partial charge in [0, 0.05) is 0 Å².